The van der Waals surface area contributed by atoms with E-state index in [0.717, 1.165) is 27.4 Å². The van der Waals surface area contributed by atoms with E-state index in [4.69, 9.17) is 23.2 Å². The van der Waals surface area contributed by atoms with Crippen LogP contribution in [-0.2, 0) is 20.6 Å². The third-order valence-corrected chi connectivity index (χ3v) is 6.74. The molecule has 0 atom stereocenters. The van der Waals surface area contributed by atoms with Gasteiger partial charge in [0.25, 0.3) is 0 Å². The van der Waals surface area contributed by atoms with Crippen molar-refractivity contribution in [3.05, 3.63) is 63.6 Å². The molecular weight excluding hydrogens is 439 g/mol. The smallest absolute Gasteiger partial charge is 0.240 e. The summed E-state index contributed by atoms with van der Waals surface area (Å²) in [6.07, 6.45) is 1.09. The van der Waals surface area contributed by atoms with Gasteiger partial charge in [-0.1, -0.05) is 47.0 Å². The van der Waals surface area contributed by atoms with Gasteiger partial charge in [0.15, 0.2) is 0 Å². The fourth-order valence-corrected chi connectivity index (χ4v) is 4.36. The number of sulfonamides is 1. The van der Waals surface area contributed by atoms with Crippen molar-refractivity contribution in [1.29, 1.82) is 0 Å². The third-order valence-electron chi connectivity index (χ3n) is 3.83. The van der Waals surface area contributed by atoms with E-state index in [2.05, 4.69) is 5.32 Å². The van der Waals surface area contributed by atoms with Gasteiger partial charge in [0.1, 0.15) is 6.54 Å². The molecule has 0 saturated heterocycles. The molecule has 2 rings (SSSR count). The molecule has 0 spiro atoms. The highest BCUT2D eigenvalue weighted by molar-refractivity contribution is 7.98. The van der Waals surface area contributed by atoms with Crippen LogP contribution in [0.5, 0.6) is 0 Å². The molecule has 0 saturated carbocycles. The normalized spacial score (nSPS) is 11.3. The summed E-state index contributed by atoms with van der Waals surface area (Å²) in [7, 11) is -3.56. The molecule has 1 amide bonds. The van der Waals surface area contributed by atoms with E-state index in [0.29, 0.717) is 28.0 Å². The summed E-state index contributed by atoms with van der Waals surface area (Å²) in [6, 6.07) is 12.5. The molecule has 9 heteroatoms. The highest BCUT2D eigenvalue weighted by atomic mass is 35.5. The van der Waals surface area contributed by atoms with Crippen molar-refractivity contribution in [2.75, 3.05) is 29.4 Å². The van der Waals surface area contributed by atoms with E-state index < -0.39 is 10.0 Å². The van der Waals surface area contributed by atoms with Crippen LogP contribution in [0, 0.1) is 6.92 Å². The number of rotatable bonds is 9. The summed E-state index contributed by atoms with van der Waals surface area (Å²) >= 11 is 13.5. The topological polar surface area (TPSA) is 66.5 Å². The van der Waals surface area contributed by atoms with Crippen LogP contribution in [-0.4, -0.2) is 39.4 Å². The van der Waals surface area contributed by atoms with Crippen LogP contribution in [0.2, 0.25) is 10.0 Å². The number of carbonyl (C=O) groups excluding carboxylic acids is 1. The lowest BCUT2D eigenvalue weighted by Gasteiger charge is -2.22. The van der Waals surface area contributed by atoms with Crippen LogP contribution < -0.4 is 9.62 Å². The fraction of sp³-hybridized carbons (Fsp3) is 0.316. The van der Waals surface area contributed by atoms with Gasteiger partial charge in [-0.15, -0.1) is 0 Å². The maximum atomic E-state index is 12.2. The number of nitrogens with one attached hydrogen (secondary N) is 1. The molecule has 2 aromatic rings. The van der Waals surface area contributed by atoms with E-state index in [9.17, 15) is 13.2 Å². The zero-order valence-corrected chi connectivity index (χ0v) is 18.8. The van der Waals surface area contributed by atoms with E-state index in [-0.39, 0.29) is 12.5 Å². The predicted molar refractivity (Wildman–Crippen MR) is 119 cm³/mol. The van der Waals surface area contributed by atoms with Gasteiger partial charge in [-0.05, 0) is 36.8 Å². The number of halogens is 2. The summed E-state index contributed by atoms with van der Waals surface area (Å²) < 4.78 is 25.2. The zero-order valence-electron chi connectivity index (χ0n) is 15.6. The van der Waals surface area contributed by atoms with E-state index in [1.54, 1.807) is 30.0 Å². The highest BCUT2D eigenvalue weighted by Gasteiger charge is 2.20. The first-order valence-corrected chi connectivity index (χ1v) is 12.3. The maximum Gasteiger partial charge on any atom is 0.240 e. The minimum atomic E-state index is -3.56. The van der Waals surface area contributed by atoms with Crippen molar-refractivity contribution in [1.82, 2.24) is 5.32 Å². The van der Waals surface area contributed by atoms with E-state index in [1.807, 2.05) is 31.2 Å². The molecular formula is C19H22Cl2N2O3S2. The van der Waals surface area contributed by atoms with Gasteiger partial charge in [0.05, 0.1) is 22.0 Å². The second-order valence-corrected chi connectivity index (χ2v) is 10.1. The van der Waals surface area contributed by atoms with Crippen LogP contribution in [0.4, 0.5) is 5.69 Å². The second kappa shape index (κ2) is 10.4. The number of amides is 1. The Morgan fingerprint density at radius 2 is 1.79 bits per heavy atom. The Kier molecular flexibility index (Phi) is 8.49. The molecule has 0 radical (unpaired) electrons. The van der Waals surface area contributed by atoms with Gasteiger partial charge in [-0.2, -0.15) is 11.8 Å². The first kappa shape index (κ1) is 22.9. The second-order valence-electron chi connectivity index (χ2n) is 6.26. The third kappa shape index (κ3) is 7.20. The molecule has 0 fully saturated rings. The van der Waals surface area contributed by atoms with Gasteiger partial charge in [-0.25, -0.2) is 8.42 Å². The molecule has 28 heavy (non-hydrogen) atoms. The predicted octanol–water partition coefficient (Wildman–Crippen LogP) is 4.12. The number of benzene rings is 2. The highest BCUT2D eigenvalue weighted by Crippen LogP contribution is 2.24. The molecule has 0 aliphatic heterocycles. The van der Waals surface area contributed by atoms with E-state index in [1.165, 1.54) is 0 Å². The van der Waals surface area contributed by atoms with Crippen LogP contribution >= 0.6 is 35.0 Å². The van der Waals surface area contributed by atoms with Gasteiger partial charge >= 0.3 is 0 Å². The Bertz CT molecular complexity index is 919. The Morgan fingerprint density at radius 3 is 2.39 bits per heavy atom. The Balaban J connectivity index is 1.81. The minimum Gasteiger partial charge on any atom is -0.354 e. The lowest BCUT2D eigenvalue weighted by molar-refractivity contribution is -0.119. The maximum absolute atomic E-state index is 12.2. The Hall–Kier alpha value is -1.41. The summed E-state index contributed by atoms with van der Waals surface area (Å²) in [5.41, 5.74) is 2.53. The average molecular weight is 461 g/mol. The number of carbonyl (C=O) groups is 1. The van der Waals surface area contributed by atoms with E-state index >= 15 is 0 Å². The fourth-order valence-electron chi connectivity index (χ4n) is 2.38. The standard InChI is InChI=1S/C19H22Cl2N2O3S2/c1-14-3-6-16(7-4-14)23(28(2,25)26)12-19(24)22-9-10-27-13-15-5-8-17(20)18(21)11-15/h3-8,11H,9-10,12-13H2,1-2H3,(H,22,24). The summed E-state index contributed by atoms with van der Waals surface area (Å²) in [6.45, 7) is 2.10. The zero-order chi connectivity index (χ0) is 20.7. The lowest BCUT2D eigenvalue weighted by Crippen LogP contribution is -2.41. The van der Waals surface area contributed by atoms with Crippen LogP contribution in [0.3, 0.4) is 0 Å². The quantitative estimate of drug-likeness (QED) is 0.571. The van der Waals surface area contributed by atoms with Gasteiger partial charge in [0, 0.05) is 18.1 Å². The summed E-state index contributed by atoms with van der Waals surface area (Å²) in [5, 5.41) is 3.80. The molecule has 5 nitrogen and oxygen atoms in total. The van der Waals surface area contributed by atoms with Gasteiger partial charge in [0.2, 0.25) is 15.9 Å². The summed E-state index contributed by atoms with van der Waals surface area (Å²) in [5.74, 6) is 1.09. The van der Waals surface area contributed by atoms with Crippen molar-refractivity contribution >= 4 is 56.6 Å². The van der Waals surface area contributed by atoms with Crippen LogP contribution in [0.25, 0.3) is 0 Å². The monoisotopic (exact) mass is 460 g/mol. The van der Waals surface area contributed by atoms with Crippen LogP contribution in [0.15, 0.2) is 42.5 Å². The van der Waals surface area contributed by atoms with Crippen molar-refractivity contribution in [2.24, 2.45) is 0 Å². The number of thioether (sulfide) groups is 1. The van der Waals surface area contributed by atoms with Crippen LogP contribution in [0.1, 0.15) is 11.1 Å². The lowest BCUT2D eigenvalue weighted by atomic mass is 10.2. The number of anilines is 1. The molecule has 0 aromatic heterocycles. The molecule has 152 valence electrons. The van der Waals surface area contributed by atoms with Gasteiger partial charge in [-0.3, -0.25) is 9.10 Å². The SMILES string of the molecule is Cc1ccc(N(CC(=O)NCCSCc2ccc(Cl)c(Cl)c2)S(C)(=O)=O)cc1. The largest absolute Gasteiger partial charge is 0.354 e. The van der Waals surface area contributed by atoms with Crippen molar-refractivity contribution in [3.63, 3.8) is 0 Å². The molecule has 0 unspecified atom stereocenters. The first-order chi connectivity index (χ1) is 13.2. The average Bonchev–Trinajstić information content (AvgIpc) is 2.62. The molecule has 0 aliphatic rings. The van der Waals surface area contributed by atoms with Gasteiger partial charge < -0.3 is 5.32 Å². The number of hydrogen-bond donors (Lipinski definition) is 1. The molecule has 0 heterocycles. The number of hydrogen-bond acceptors (Lipinski definition) is 4. The Labute approximate surface area is 180 Å². The van der Waals surface area contributed by atoms with Crippen molar-refractivity contribution < 1.29 is 13.2 Å². The van der Waals surface area contributed by atoms with Crippen molar-refractivity contribution in [2.45, 2.75) is 12.7 Å². The summed E-state index contributed by atoms with van der Waals surface area (Å²) in [4.78, 5) is 12.2. The molecule has 0 aliphatic carbocycles. The number of nitrogens with zero attached hydrogens (tertiary/aromatic N) is 1. The Morgan fingerprint density at radius 1 is 1.11 bits per heavy atom. The molecule has 1 N–H and O–H groups in total. The number of aryl methyl sites for hydroxylation is 1. The van der Waals surface area contributed by atoms with Crippen molar-refractivity contribution in [3.8, 4) is 0 Å². The molecule has 2 aromatic carbocycles. The molecule has 0 bridgehead atoms. The minimum absolute atomic E-state index is 0.251. The first-order valence-electron chi connectivity index (χ1n) is 8.49.